The molecule has 0 radical (unpaired) electrons. The third kappa shape index (κ3) is 2.79. The fraction of sp³-hybridized carbons (Fsp3) is 0.167. The Kier molecular flexibility index (Phi) is 3.32. The summed E-state index contributed by atoms with van der Waals surface area (Å²) >= 11 is 0. The lowest BCUT2D eigenvalue weighted by Crippen LogP contribution is -1.80. The second-order valence-electron chi connectivity index (χ2n) is 2.98. The Labute approximate surface area is 79.1 Å². The van der Waals surface area contributed by atoms with Crippen LogP contribution in [0.1, 0.15) is 13.3 Å². The van der Waals surface area contributed by atoms with Crippen molar-refractivity contribution in [3.8, 4) is 0 Å². The average Bonchev–Trinajstić information content (AvgIpc) is 2.25. The van der Waals surface area contributed by atoms with Gasteiger partial charge in [-0.1, -0.05) is 37.0 Å². The maximum atomic E-state index is 9.39. The first kappa shape index (κ1) is 9.59. The van der Waals surface area contributed by atoms with Crippen molar-refractivity contribution in [3.63, 3.8) is 0 Å². The van der Waals surface area contributed by atoms with E-state index in [1.807, 2.05) is 31.2 Å². The van der Waals surface area contributed by atoms with Crippen molar-refractivity contribution in [1.29, 1.82) is 0 Å². The zero-order valence-corrected chi connectivity index (χ0v) is 7.83. The fourth-order valence-corrected chi connectivity index (χ4v) is 1.16. The van der Waals surface area contributed by atoms with Crippen LogP contribution < -0.4 is 0 Å². The van der Waals surface area contributed by atoms with Crippen molar-refractivity contribution in [2.75, 3.05) is 0 Å². The lowest BCUT2D eigenvalue weighted by molar-refractivity contribution is 0.401. The average molecular weight is 174 g/mol. The van der Waals surface area contributed by atoms with Crippen molar-refractivity contribution in [1.82, 2.24) is 0 Å². The van der Waals surface area contributed by atoms with Crippen molar-refractivity contribution in [2.24, 2.45) is 0 Å². The van der Waals surface area contributed by atoms with Crippen LogP contribution in [0.25, 0.3) is 0 Å². The van der Waals surface area contributed by atoms with Gasteiger partial charge in [0.2, 0.25) is 0 Å². The van der Waals surface area contributed by atoms with Crippen LogP contribution in [0, 0.1) is 0 Å². The van der Waals surface area contributed by atoms with Gasteiger partial charge in [-0.25, -0.2) is 0 Å². The van der Waals surface area contributed by atoms with Crippen LogP contribution in [0.4, 0.5) is 0 Å². The molecule has 13 heavy (non-hydrogen) atoms. The van der Waals surface area contributed by atoms with Gasteiger partial charge < -0.3 is 5.11 Å². The van der Waals surface area contributed by atoms with Gasteiger partial charge in [0.1, 0.15) is 0 Å². The van der Waals surface area contributed by atoms with E-state index >= 15 is 0 Å². The molecule has 0 aliphatic heterocycles. The molecule has 0 aromatic rings. The Morgan fingerprint density at radius 1 is 1.54 bits per heavy atom. The highest BCUT2D eigenvalue weighted by molar-refractivity contribution is 5.43. The molecule has 1 aliphatic rings. The number of allylic oxidation sites excluding steroid dienone is 8. The third-order valence-corrected chi connectivity index (χ3v) is 1.88. The molecule has 0 fully saturated rings. The van der Waals surface area contributed by atoms with E-state index in [4.69, 9.17) is 0 Å². The van der Waals surface area contributed by atoms with Crippen LogP contribution in [0.3, 0.4) is 0 Å². The number of hydrogen-bond donors (Lipinski definition) is 1. The zero-order valence-electron chi connectivity index (χ0n) is 7.83. The second-order valence-corrected chi connectivity index (χ2v) is 2.98. The molecule has 0 atom stereocenters. The van der Waals surface area contributed by atoms with Crippen molar-refractivity contribution < 1.29 is 5.11 Å². The van der Waals surface area contributed by atoms with E-state index in [2.05, 4.69) is 6.58 Å². The summed E-state index contributed by atoms with van der Waals surface area (Å²) in [5.74, 6) is 0.400. The van der Waals surface area contributed by atoms with E-state index in [1.54, 1.807) is 12.2 Å². The van der Waals surface area contributed by atoms with Gasteiger partial charge >= 0.3 is 0 Å². The molecule has 0 bridgehead atoms. The molecule has 0 amide bonds. The number of aliphatic hydroxyl groups is 1. The number of aliphatic hydroxyl groups excluding tert-OH is 1. The van der Waals surface area contributed by atoms with Crippen LogP contribution in [-0.2, 0) is 0 Å². The maximum absolute atomic E-state index is 9.39. The van der Waals surface area contributed by atoms with Crippen molar-refractivity contribution >= 4 is 0 Å². The third-order valence-electron chi connectivity index (χ3n) is 1.88. The summed E-state index contributed by atoms with van der Waals surface area (Å²) < 4.78 is 0. The first-order valence-electron chi connectivity index (χ1n) is 4.30. The second kappa shape index (κ2) is 4.51. The van der Waals surface area contributed by atoms with Gasteiger partial charge in [-0.15, -0.1) is 0 Å². The Bertz CT molecular complexity index is 314. The van der Waals surface area contributed by atoms with E-state index < -0.39 is 0 Å². The summed E-state index contributed by atoms with van der Waals surface area (Å²) in [7, 11) is 0. The number of rotatable bonds is 2. The molecule has 1 aliphatic carbocycles. The van der Waals surface area contributed by atoms with Gasteiger partial charge in [-0.05, 0) is 24.1 Å². The zero-order chi connectivity index (χ0) is 9.68. The lowest BCUT2D eigenvalue weighted by atomic mass is 10.1. The molecule has 1 heteroatoms. The van der Waals surface area contributed by atoms with Gasteiger partial charge in [-0.2, -0.15) is 0 Å². The van der Waals surface area contributed by atoms with Crippen LogP contribution in [0.5, 0.6) is 0 Å². The summed E-state index contributed by atoms with van der Waals surface area (Å²) in [4.78, 5) is 0. The van der Waals surface area contributed by atoms with Gasteiger partial charge in [0.15, 0.2) is 0 Å². The van der Waals surface area contributed by atoms with Crippen molar-refractivity contribution in [3.05, 3.63) is 59.9 Å². The Hall–Kier alpha value is -1.50. The largest absolute Gasteiger partial charge is 0.512 e. The summed E-state index contributed by atoms with van der Waals surface area (Å²) in [5, 5.41) is 9.39. The van der Waals surface area contributed by atoms with E-state index in [0.29, 0.717) is 12.2 Å². The van der Waals surface area contributed by atoms with E-state index in [1.165, 1.54) is 0 Å². The predicted octanol–water partition coefficient (Wildman–Crippen LogP) is 3.45. The van der Waals surface area contributed by atoms with E-state index in [0.717, 1.165) is 11.1 Å². The molecule has 0 heterocycles. The van der Waals surface area contributed by atoms with Gasteiger partial charge in [-0.3, -0.25) is 0 Å². The standard InChI is InChI=1S/C12H14O/c1-3-4-7-11-9-12(13)8-5-6-10(11)2/h3-7,9,13H,1,8H2,2H3/b7-4-. The molecule has 0 unspecified atom stereocenters. The Balaban J connectivity index is 3.00. The molecule has 1 nitrogen and oxygen atoms in total. The normalized spacial score (nSPS) is 17.5. The lowest BCUT2D eigenvalue weighted by Gasteiger charge is -1.97. The Morgan fingerprint density at radius 3 is 3.00 bits per heavy atom. The minimum absolute atomic E-state index is 0.400. The highest BCUT2D eigenvalue weighted by Crippen LogP contribution is 2.16. The minimum Gasteiger partial charge on any atom is -0.512 e. The molecule has 0 spiro atoms. The SMILES string of the molecule is C=C/C=C\C1=C(C)C=CCC(O)=C1. The van der Waals surface area contributed by atoms with Crippen molar-refractivity contribution in [2.45, 2.75) is 13.3 Å². The quantitative estimate of drug-likeness (QED) is 0.636. The molecule has 0 aromatic carbocycles. The molecule has 1 N–H and O–H groups in total. The van der Waals surface area contributed by atoms with Crippen LogP contribution >= 0.6 is 0 Å². The molecular weight excluding hydrogens is 160 g/mol. The van der Waals surface area contributed by atoms with Crippen LogP contribution in [-0.4, -0.2) is 5.11 Å². The van der Waals surface area contributed by atoms with Gasteiger partial charge in [0.05, 0.1) is 5.76 Å². The monoisotopic (exact) mass is 174 g/mol. The van der Waals surface area contributed by atoms with Gasteiger partial charge in [0.25, 0.3) is 0 Å². The topological polar surface area (TPSA) is 20.2 Å². The van der Waals surface area contributed by atoms with Gasteiger partial charge in [0, 0.05) is 6.42 Å². The molecule has 1 rings (SSSR count). The molecule has 68 valence electrons. The van der Waals surface area contributed by atoms with E-state index in [-0.39, 0.29) is 0 Å². The molecule has 0 saturated carbocycles. The summed E-state index contributed by atoms with van der Waals surface area (Å²) in [6, 6.07) is 0. The molecule has 0 saturated heterocycles. The predicted molar refractivity (Wildman–Crippen MR) is 56.5 cm³/mol. The highest BCUT2D eigenvalue weighted by atomic mass is 16.3. The summed E-state index contributed by atoms with van der Waals surface area (Å²) in [6.07, 6.45) is 11.9. The smallest absolute Gasteiger partial charge is 0.0966 e. The first-order valence-corrected chi connectivity index (χ1v) is 4.30. The Morgan fingerprint density at radius 2 is 2.31 bits per heavy atom. The highest BCUT2D eigenvalue weighted by Gasteiger charge is 1.99. The minimum atomic E-state index is 0.400. The summed E-state index contributed by atoms with van der Waals surface area (Å²) in [5.41, 5.74) is 2.19. The summed E-state index contributed by atoms with van der Waals surface area (Å²) in [6.45, 7) is 5.62. The fourth-order valence-electron chi connectivity index (χ4n) is 1.16. The van der Waals surface area contributed by atoms with Crippen LogP contribution in [0.15, 0.2) is 59.9 Å². The number of hydrogen-bond acceptors (Lipinski definition) is 1. The maximum Gasteiger partial charge on any atom is 0.0966 e. The van der Waals surface area contributed by atoms with E-state index in [9.17, 15) is 5.11 Å². The first-order chi connectivity index (χ1) is 6.24. The van der Waals surface area contributed by atoms with Crippen LogP contribution in [0.2, 0.25) is 0 Å². The molecule has 0 aromatic heterocycles. The molecular formula is C12H14O.